The Balaban J connectivity index is 1.68. The number of rotatable bonds is 3. The minimum absolute atomic E-state index is 0.0486. The number of allylic oxidation sites excluding steroid dienone is 4. The SMILES string of the molecule is CCC(=C=C[C@]1(O)CC[C@H]2[C@@H]3CCC4=CC(=O)CCC4=C3CC[C@@]21C)CC. The molecule has 0 aromatic rings. The molecule has 0 aliphatic heterocycles. The van der Waals surface area contributed by atoms with Crippen LogP contribution in [0.5, 0.6) is 0 Å². The first-order chi connectivity index (χ1) is 12.9. The van der Waals surface area contributed by atoms with E-state index in [4.69, 9.17) is 0 Å². The molecule has 0 heterocycles. The molecule has 4 rings (SSSR count). The lowest BCUT2D eigenvalue weighted by atomic mass is 9.55. The van der Waals surface area contributed by atoms with E-state index in [1.807, 2.05) is 12.2 Å². The summed E-state index contributed by atoms with van der Waals surface area (Å²) in [5.41, 5.74) is 8.47. The number of hydrogen-bond donors (Lipinski definition) is 1. The lowest BCUT2D eigenvalue weighted by Crippen LogP contribution is -2.48. The third-order valence-electron chi connectivity index (χ3n) is 8.32. The Labute approximate surface area is 164 Å². The van der Waals surface area contributed by atoms with Gasteiger partial charge in [0.15, 0.2) is 5.78 Å². The topological polar surface area (TPSA) is 37.3 Å². The van der Waals surface area contributed by atoms with E-state index in [1.165, 1.54) is 16.7 Å². The maximum absolute atomic E-state index is 11.8. The van der Waals surface area contributed by atoms with E-state index in [9.17, 15) is 9.90 Å². The summed E-state index contributed by atoms with van der Waals surface area (Å²) in [5.74, 6) is 1.47. The van der Waals surface area contributed by atoms with Crippen LogP contribution < -0.4 is 0 Å². The van der Waals surface area contributed by atoms with E-state index in [1.54, 1.807) is 5.57 Å². The smallest absolute Gasteiger partial charge is 0.156 e. The molecule has 27 heavy (non-hydrogen) atoms. The number of fused-ring (bicyclic) bond motifs is 4. The molecule has 2 fully saturated rings. The fraction of sp³-hybridized carbons (Fsp3) is 0.680. The molecule has 2 saturated carbocycles. The molecular formula is C25H34O2. The molecule has 4 aliphatic carbocycles. The maximum Gasteiger partial charge on any atom is 0.156 e. The van der Waals surface area contributed by atoms with Crippen molar-refractivity contribution in [3.63, 3.8) is 0 Å². The van der Waals surface area contributed by atoms with E-state index in [0.29, 0.717) is 24.0 Å². The largest absolute Gasteiger partial charge is 0.385 e. The molecule has 0 unspecified atom stereocenters. The zero-order valence-corrected chi connectivity index (χ0v) is 17.2. The quantitative estimate of drug-likeness (QED) is 0.639. The average Bonchev–Trinajstić information content (AvgIpc) is 2.93. The molecule has 146 valence electrons. The van der Waals surface area contributed by atoms with Crippen LogP contribution in [0.25, 0.3) is 0 Å². The zero-order chi connectivity index (χ0) is 19.2. The molecule has 0 saturated heterocycles. The van der Waals surface area contributed by atoms with Gasteiger partial charge in [0.2, 0.25) is 0 Å². The number of ketones is 1. The Kier molecular flexibility index (Phi) is 4.85. The van der Waals surface area contributed by atoms with Gasteiger partial charge >= 0.3 is 0 Å². The summed E-state index contributed by atoms with van der Waals surface area (Å²) in [7, 11) is 0. The molecule has 4 aliphatic rings. The highest BCUT2D eigenvalue weighted by molar-refractivity contribution is 5.93. The van der Waals surface area contributed by atoms with Gasteiger partial charge < -0.3 is 5.11 Å². The van der Waals surface area contributed by atoms with Crippen LogP contribution >= 0.6 is 0 Å². The minimum Gasteiger partial charge on any atom is -0.385 e. The number of hydrogen-bond acceptors (Lipinski definition) is 2. The molecule has 2 nitrogen and oxygen atoms in total. The van der Waals surface area contributed by atoms with Crippen molar-refractivity contribution in [2.75, 3.05) is 0 Å². The predicted molar refractivity (Wildman–Crippen MR) is 109 cm³/mol. The van der Waals surface area contributed by atoms with Crippen LogP contribution in [0.2, 0.25) is 0 Å². The molecule has 0 radical (unpaired) electrons. The van der Waals surface area contributed by atoms with Crippen LogP contribution in [0.1, 0.15) is 85.0 Å². The fourth-order valence-corrected chi connectivity index (χ4v) is 6.50. The fourth-order valence-electron chi connectivity index (χ4n) is 6.50. The van der Waals surface area contributed by atoms with Gasteiger partial charge in [-0.25, -0.2) is 0 Å². The summed E-state index contributed by atoms with van der Waals surface area (Å²) in [6, 6.07) is 0. The summed E-state index contributed by atoms with van der Waals surface area (Å²) in [5, 5.41) is 11.6. The Morgan fingerprint density at radius 3 is 2.70 bits per heavy atom. The third kappa shape index (κ3) is 2.93. The Morgan fingerprint density at radius 2 is 1.96 bits per heavy atom. The Hall–Kier alpha value is -1.37. The number of aliphatic hydroxyl groups is 1. The standard InChI is InChI=1S/C25H34O2/c1-4-17(5-2)10-14-25(27)15-12-23-22-8-6-18-16-19(26)7-9-20(18)21(22)11-13-24(23,25)3/h14,16,22-23,27H,4-9,11-13,15H2,1-3H3/t22-,23+,24+,25+/m1/s1. The van der Waals surface area contributed by atoms with Gasteiger partial charge in [-0.05, 0) is 98.5 Å². The highest BCUT2D eigenvalue weighted by atomic mass is 16.3. The minimum atomic E-state index is -0.720. The van der Waals surface area contributed by atoms with Crippen molar-refractivity contribution in [3.05, 3.63) is 40.2 Å². The van der Waals surface area contributed by atoms with Crippen molar-refractivity contribution in [1.29, 1.82) is 0 Å². The van der Waals surface area contributed by atoms with Gasteiger partial charge in [-0.3, -0.25) is 4.79 Å². The molecule has 0 amide bonds. The predicted octanol–water partition coefficient (Wildman–Crippen LogP) is 5.83. The summed E-state index contributed by atoms with van der Waals surface area (Å²) in [4.78, 5) is 11.8. The van der Waals surface area contributed by atoms with Crippen LogP contribution in [0.3, 0.4) is 0 Å². The maximum atomic E-state index is 11.8. The van der Waals surface area contributed by atoms with Crippen molar-refractivity contribution in [1.82, 2.24) is 0 Å². The average molecular weight is 367 g/mol. The van der Waals surface area contributed by atoms with Crippen LogP contribution in [-0.2, 0) is 4.79 Å². The van der Waals surface area contributed by atoms with Crippen LogP contribution in [0.4, 0.5) is 0 Å². The summed E-state index contributed by atoms with van der Waals surface area (Å²) >= 11 is 0. The molecule has 2 heteroatoms. The second kappa shape index (κ2) is 6.90. The number of carbonyl (C=O) groups is 1. The van der Waals surface area contributed by atoms with Crippen LogP contribution in [-0.4, -0.2) is 16.5 Å². The van der Waals surface area contributed by atoms with E-state index in [0.717, 1.165) is 57.8 Å². The first kappa shape index (κ1) is 19.0. The zero-order valence-electron chi connectivity index (χ0n) is 17.2. The lowest BCUT2D eigenvalue weighted by Gasteiger charge is -2.51. The van der Waals surface area contributed by atoms with E-state index in [-0.39, 0.29) is 5.41 Å². The van der Waals surface area contributed by atoms with Crippen molar-refractivity contribution in [2.24, 2.45) is 17.3 Å². The highest BCUT2D eigenvalue weighted by Crippen LogP contribution is 2.63. The lowest BCUT2D eigenvalue weighted by molar-refractivity contribution is -0.114. The molecule has 0 bridgehead atoms. The van der Waals surface area contributed by atoms with Crippen molar-refractivity contribution < 1.29 is 9.90 Å². The van der Waals surface area contributed by atoms with Gasteiger partial charge in [-0.15, -0.1) is 5.73 Å². The first-order valence-corrected chi connectivity index (χ1v) is 11.1. The number of carbonyl (C=O) groups excluding carboxylic acids is 1. The first-order valence-electron chi connectivity index (χ1n) is 11.1. The summed E-state index contributed by atoms with van der Waals surface area (Å²) in [6.07, 6.45) is 13.9. The van der Waals surface area contributed by atoms with Gasteiger partial charge in [0.05, 0.1) is 5.60 Å². The van der Waals surface area contributed by atoms with Crippen molar-refractivity contribution in [3.8, 4) is 0 Å². The highest BCUT2D eigenvalue weighted by Gasteiger charge is 2.59. The van der Waals surface area contributed by atoms with Gasteiger partial charge in [-0.2, -0.15) is 0 Å². The normalized spacial score (nSPS) is 37.8. The van der Waals surface area contributed by atoms with Gasteiger partial charge in [0.25, 0.3) is 0 Å². The second-order valence-corrected chi connectivity index (χ2v) is 9.37. The Bertz CT molecular complexity index is 770. The van der Waals surface area contributed by atoms with Gasteiger partial charge in [0, 0.05) is 11.8 Å². The third-order valence-corrected chi connectivity index (χ3v) is 8.32. The Morgan fingerprint density at radius 1 is 1.19 bits per heavy atom. The van der Waals surface area contributed by atoms with E-state index < -0.39 is 5.60 Å². The summed E-state index contributed by atoms with van der Waals surface area (Å²) in [6.45, 7) is 6.67. The molecule has 1 N–H and O–H groups in total. The van der Waals surface area contributed by atoms with Gasteiger partial charge in [-0.1, -0.05) is 26.3 Å². The molecular weight excluding hydrogens is 332 g/mol. The molecule has 0 spiro atoms. The molecule has 0 aromatic carbocycles. The molecule has 4 atom stereocenters. The summed E-state index contributed by atoms with van der Waals surface area (Å²) < 4.78 is 0. The second-order valence-electron chi connectivity index (χ2n) is 9.37. The van der Waals surface area contributed by atoms with Gasteiger partial charge in [0.1, 0.15) is 0 Å². The van der Waals surface area contributed by atoms with E-state index >= 15 is 0 Å². The van der Waals surface area contributed by atoms with Crippen LogP contribution in [0, 0.1) is 17.3 Å². The molecule has 0 aromatic heterocycles. The van der Waals surface area contributed by atoms with E-state index in [2.05, 4.69) is 26.5 Å². The van der Waals surface area contributed by atoms with Crippen molar-refractivity contribution in [2.45, 2.75) is 90.6 Å². The van der Waals surface area contributed by atoms with Crippen LogP contribution in [0.15, 0.2) is 40.2 Å². The van der Waals surface area contributed by atoms with Crippen molar-refractivity contribution >= 4 is 5.78 Å². The monoisotopic (exact) mass is 366 g/mol.